The second kappa shape index (κ2) is 3.91. The smallest absolute Gasteiger partial charge is 0.0340 e. The molecule has 0 aliphatic carbocycles. The Kier molecular flexibility index (Phi) is 0.869. The van der Waals surface area contributed by atoms with Gasteiger partial charge >= 0.3 is 0 Å². The molecule has 1 aromatic rings. The van der Waals surface area contributed by atoms with Gasteiger partial charge in [0.25, 0.3) is 0 Å². The van der Waals surface area contributed by atoms with Gasteiger partial charge in [0.05, 0.1) is 0 Å². The maximum Gasteiger partial charge on any atom is 0.0340 e. The van der Waals surface area contributed by atoms with Crippen LogP contribution in [0, 0.1) is 0 Å². The maximum atomic E-state index is 7.60. The Morgan fingerprint density at radius 3 is 3.55 bits per heavy atom. The van der Waals surface area contributed by atoms with Gasteiger partial charge in [0, 0.05) is 23.4 Å². The van der Waals surface area contributed by atoms with Gasteiger partial charge in [-0.2, -0.15) is 0 Å². The van der Waals surface area contributed by atoms with E-state index < -0.39 is 25.6 Å². The van der Waals surface area contributed by atoms with E-state index in [2.05, 4.69) is 4.98 Å². The summed E-state index contributed by atoms with van der Waals surface area (Å²) in [5.74, 6) is 0. The second-order valence-corrected chi connectivity index (χ2v) is 1.97. The van der Waals surface area contributed by atoms with Crippen molar-refractivity contribution in [1.82, 2.24) is 4.98 Å². The van der Waals surface area contributed by atoms with Crippen LogP contribution in [0.15, 0.2) is 30.1 Å². The summed E-state index contributed by atoms with van der Waals surface area (Å²) < 4.78 is 58.7. The quantitative estimate of drug-likeness (QED) is 0.640. The molecule has 1 aromatic heterocycles. The zero-order valence-electron chi connectivity index (χ0n) is 13.8. The van der Waals surface area contributed by atoms with Crippen LogP contribution in [0.25, 0.3) is 6.08 Å². The van der Waals surface area contributed by atoms with E-state index in [1.165, 1.54) is 18.5 Å². The molecule has 1 rings (SSSR count). The van der Waals surface area contributed by atoms with Crippen molar-refractivity contribution in [2.75, 3.05) is 0 Å². The molecule has 0 saturated carbocycles. The average molecular weight is 155 g/mol. The van der Waals surface area contributed by atoms with E-state index in [1.807, 2.05) is 0 Å². The number of pyridine rings is 1. The van der Waals surface area contributed by atoms with E-state index in [-0.39, 0.29) is 0 Å². The molecular weight excluding hydrogens is 134 g/mol. The Bertz CT molecular complexity index is 457. The van der Waals surface area contributed by atoms with Crippen molar-refractivity contribution in [3.05, 3.63) is 35.7 Å². The van der Waals surface area contributed by atoms with Gasteiger partial charge in [-0.3, -0.25) is 4.98 Å². The second-order valence-electron chi connectivity index (χ2n) is 1.97. The van der Waals surface area contributed by atoms with Crippen molar-refractivity contribution in [1.29, 1.82) is 0 Å². The van der Waals surface area contributed by atoms with Crippen LogP contribution in [0.1, 0.15) is 36.6 Å². The van der Waals surface area contributed by atoms with Crippen LogP contribution in [0.5, 0.6) is 0 Å². The van der Waals surface area contributed by atoms with Crippen molar-refractivity contribution in [3.8, 4) is 0 Å². The minimum Gasteiger partial charge on any atom is -0.264 e. The lowest BCUT2D eigenvalue weighted by Crippen LogP contribution is -1.76. The summed E-state index contributed by atoms with van der Waals surface area (Å²) in [6.07, 6.45) is 0.895. The number of hydrogen-bond acceptors (Lipinski definition) is 1. The molecule has 0 unspecified atom stereocenters. The SMILES string of the molecule is [2H]C([2H])([2H])/C(=C/c1ccc[14n]c1)C([2H])([2H])C([2H])([2H])[2H]. The molecule has 0 saturated heterocycles. The molecule has 1 heterocycles. The van der Waals surface area contributed by atoms with E-state index in [0.717, 1.165) is 6.08 Å². The predicted octanol–water partition coefficient (Wildman–Crippen LogP) is 2.89. The fourth-order valence-electron chi connectivity index (χ4n) is 0.664. The van der Waals surface area contributed by atoms with Crippen LogP contribution in [-0.4, -0.2) is 4.98 Å². The molecule has 0 aliphatic rings. The Morgan fingerprint density at radius 1 is 1.91 bits per heavy atom. The van der Waals surface area contributed by atoms with Gasteiger partial charge in [-0.25, -0.2) is 0 Å². The molecule has 0 aliphatic heterocycles. The molecule has 0 amide bonds. The molecule has 0 atom stereocenters. The summed E-state index contributed by atoms with van der Waals surface area (Å²) in [5, 5.41) is 0. The third-order valence-corrected chi connectivity index (χ3v) is 1.13. The van der Waals surface area contributed by atoms with Gasteiger partial charge < -0.3 is 0 Å². The van der Waals surface area contributed by atoms with E-state index in [0.29, 0.717) is 5.56 Å². The van der Waals surface area contributed by atoms with Crippen LogP contribution >= 0.6 is 0 Å². The first-order valence-corrected chi connectivity index (χ1v) is 3.09. The van der Waals surface area contributed by atoms with Gasteiger partial charge in [-0.1, -0.05) is 24.6 Å². The Hall–Kier alpha value is -1.11. The van der Waals surface area contributed by atoms with Crippen LogP contribution in [0.2, 0.25) is 0 Å². The Balaban J connectivity index is 3.37. The van der Waals surface area contributed by atoms with Gasteiger partial charge in [0.1, 0.15) is 0 Å². The summed E-state index contributed by atoms with van der Waals surface area (Å²) in [5.41, 5.74) is -0.422. The van der Waals surface area contributed by atoms with Gasteiger partial charge in [0.2, 0.25) is 0 Å². The van der Waals surface area contributed by atoms with E-state index in [9.17, 15) is 0 Å². The summed E-state index contributed by atoms with van der Waals surface area (Å²) in [6.45, 7) is -5.90. The molecule has 11 heavy (non-hydrogen) atoms. The van der Waals surface area contributed by atoms with Gasteiger partial charge in [-0.05, 0) is 24.9 Å². The fourth-order valence-corrected chi connectivity index (χ4v) is 0.664. The summed E-state index contributed by atoms with van der Waals surface area (Å²) >= 11 is 0. The highest BCUT2D eigenvalue weighted by molar-refractivity contribution is 5.50. The minimum atomic E-state index is -3.06. The third kappa shape index (κ3) is 2.54. The lowest BCUT2D eigenvalue weighted by Gasteiger charge is -1.94. The first-order valence-electron chi connectivity index (χ1n) is 7.09. The number of aromatic nitrogens is 1. The van der Waals surface area contributed by atoms with Crippen LogP contribution in [0.4, 0.5) is 0 Å². The third-order valence-electron chi connectivity index (χ3n) is 1.13. The largest absolute Gasteiger partial charge is 0.264 e. The van der Waals surface area contributed by atoms with Gasteiger partial charge in [0.15, 0.2) is 0 Å². The lowest BCUT2D eigenvalue weighted by molar-refractivity contribution is 1.11. The van der Waals surface area contributed by atoms with Gasteiger partial charge in [-0.15, -0.1) is 0 Å². The van der Waals surface area contributed by atoms with E-state index in [1.54, 1.807) is 6.07 Å². The maximum absolute atomic E-state index is 7.60. The number of rotatable bonds is 2. The van der Waals surface area contributed by atoms with Crippen molar-refractivity contribution < 1.29 is 11.0 Å². The molecule has 1 heteroatoms. The van der Waals surface area contributed by atoms with Crippen molar-refractivity contribution in [2.24, 2.45) is 0 Å². The predicted molar refractivity (Wildman–Crippen MR) is 48.2 cm³/mol. The Morgan fingerprint density at radius 2 is 2.91 bits per heavy atom. The molecule has 0 spiro atoms. The van der Waals surface area contributed by atoms with Crippen molar-refractivity contribution in [3.63, 3.8) is 0 Å². The summed E-state index contributed by atoms with van der Waals surface area (Å²) in [4.78, 5) is 3.77. The van der Waals surface area contributed by atoms with Crippen LogP contribution < -0.4 is 0 Å². The van der Waals surface area contributed by atoms with Crippen molar-refractivity contribution >= 4 is 6.08 Å². The topological polar surface area (TPSA) is 12.9 Å². The zero-order chi connectivity index (χ0) is 14.9. The number of hydrogen-bond donors (Lipinski definition) is 0. The molecule has 0 bridgehead atoms. The highest BCUT2D eigenvalue weighted by Crippen LogP contribution is 2.06. The first-order chi connectivity index (χ1) is 8.46. The fraction of sp³-hybridized carbons (Fsp3) is 0.300. The minimum absolute atomic E-state index is 0.335. The highest BCUT2D eigenvalue weighted by atomic mass is 14.6. The first kappa shape index (κ1) is 2.44. The monoisotopic (exact) mass is 155 g/mol. The van der Waals surface area contributed by atoms with Crippen molar-refractivity contribution in [2.45, 2.75) is 20.1 Å². The Labute approximate surface area is 79.0 Å². The van der Waals surface area contributed by atoms with E-state index in [4.69, 9.17) is 11.0 Å². The molecule has 0 fully saturated rings. The molecular formula is C10H13N. The lowest BCUT2D eigenvalue weighted by atomic mass is 10.1. The summed E-state index contributed by atoms with van der Waals surface area (Å²) in [7, 11) is 0. The molecule has 0 radical (unpaired) electrons. The normalized spacial score (nSPS) is 26.0. The molecule has 0 aromatic carbocycles. The molecule has 1 nitrogen and oxygen atoms in total. The highest BCUT2D eigenvalue weighted by Gasteiger charge is 1.86. The van der Waals surface area contributed by atoms with Crippen LogP contribution in [0.3, 0.4) is 0 Å². The molecule has 0 N–H and O–H groups in total. The van der Waals surface area contributed by atoms with Crippen LogP contribution in [-0.2, 0) is 0 Å². The number of nitrogens with zero attached hydrogens (tertiary/aromatic N) is 1. The zero-order valence-corrected chi connectivity index (χ0v) is 5.83. The van der Waals surface area contributed by atoms with E-state index >= 15 is 0 Å². The average Bonchev–Trinajstić information content (AvgIpc) is 2.24. The number of allylic oxidation sites excluding steroid dienone is 1. The molecule has 58 valence electrons. The standard InChI is InChI=1S/C10H13N/c1-3-9(2)7-10-5-4-6-11-8-10/h4-8H,3H2,1-2H3/b9-7-/i1D3,2D3,3D2,11+0. The summed E-state index contributed by atoms with van der Waals surface area (Å²) in [6, 6.07) is 3.07.